The van der Waals surface area contributed by atoms with E-state index < -0.39 is 6.10 Å². The number of hydrogen-bond donors (Lipinski definition) is 1. The Morgan fingerprint density at radius 3 is 3.08 bits per heavy atom. The van der Waals surface area contributed by atoms with Crippen molar-refractivity contribution in [1.82, 2.24) is 4.98 Å². The SMILES string of the molecule is Cc1csc(C(C#N)OCCO)n1. The Morgan fingerprint density at radius 2 is 2.62 bits per heavy atom. The fraction of sp³-hybridized carbons (Fsp3) is 0.500. The topological polar surface area (TPSA) is 66.1 Å². The lowest BCUT2D eigenvalue weighted by molar-refractivity contribution is 0.0579. The van der Waals surface area contributed by atoms with E-state index in [1.807, 2.05) is 18.4 Å². The van der Waals surface area contributed by atoms with Crippen LogP contribution in [0.1, 0.15) is 16.8 Å². The molecule has 0 saturated heterocycles. The molecule has 0 aliphatic heterocycles. The molecule has 1 rings (SSSR count). The first-order valence-electron chi connectivity index (χ1n) is 3.82. The Kier molecular flexibility index (Phi) is 3.83. The lowest BCUT2D eigenvalue weighted by Gasteiger charge is -2.05. The van der Waals surface area contributed by atoms with E-state index in [1.165, 1.54) is 11.3 Å². The van der Waals surface area contributed by atoms with Gasteiger partial charge < -0.3 is 9.84 Å². The average molecular weight is 198 g/mol. The Balaban J connectivity index is 2.63. The highest BCUT2D eigenvalue weighted by Gasteiger charge is 2.13. The van der Waals surface area contributed by atoms with Crippen molar-refractivity contribution in [3.05, 3.63) is 16.1 Å². The van der Waals surface area contributed by atoms with Crippen molar-refractivity contribution in [2.75, 3.05) is 13.2 Å². The van der Waals surface area contributed by atoms with Crippen molar-refractivity contribution in [3.63, 3.8) is 0 Å². The zero-order chi connectivity index (χ0) is 9.68. The van der Waals surface area contributed by atoms with Crippen LogP contribution >= 0.6 is 11.3 Å². The van der Waals surface area contributed by atoms with Crippen molar-refractivity contribution in [3.8, 4) is 6.07 Å². The van der Waals surface area contributed by atoms with Gasteiger partial charge in [-0.3, -0.25) is 0 Å². The maximum absolute atomic E-state index is 8.73. The van der Waals surface area contributed by atoms with Gasteiger partial charge in [-0.15, -0.1) is 11.3 Å². The molecule has 0 saturated carbocycles. The van der Waals surface area contributed by atoms with E-state index in [0.717, 1.165) is 5.69 Å². The van der Waals surface area contributed by atoms with E-state index in [0.29, 0.717) is 5.01 Å². The lowest BCUT2D eigenvalue weighted by atomic mass is 10.4. The normalized spacial score (nSPS) is 12.4. The minimum Gasteiger partial charge on any atom is -0.394 e. The molecule has 0 radical (unpaired) electrons. The van der Waals surface area contributed by atoms with Crippen LogP contribution in [0.4, 0.5) is 0 Å². The molecule has 70 valence electrons. The molecule has 1 heterocycles. The number of hydrogen-bond acceptors (Lipinski definition) is 5. The van der Waals surface area contributed by atoms with Gasteiger partial charge in [0.1, 0.15) is 11.1 Å². The first kappa shape index (κ1) is 10.1. The van der Waals surface area contributed by atoms with Gasteiger partial charge in [0, 0.05) is 11.1 Å². The molecule has 1 aromatic heterocycles. The number of thiazole rings is 1. The summed E-state index contributed by atoms with van der Waals surface area (Å²) in [5.74, 6) is 0. The summed E-state index contributed by atoms with van der Waals surface area (Å²) >= 11 is 1.39. The number of aromatic nitrogens is 1. The highest BCUT2D eigenvalue weighted by atomic mass is 32.1. The molecule has 0 fully saturated rings. The summed E-state index contributed by atoms with van der Waals surface area (Å²) in [7, 11) is 0. The van der Waals surface area contributed by atoms with Gasteiger partial charge in [0.2, 0.25) is 0 Å². The summed E-state index contributed by atoms with van der Waals surface area (Å²) in [5.41, 5.74) is 0.882. The Bertz CT molecular complexity index is 305. The van der Waals surface area contributed by atoms with E-state index in [-0.39, 0.29) is 13.2 Å². The number of nitriles is 1. The molecule has 1 atom stereocenters. The van der Waals surface area contributed by atoms with Crippen LogP contribution in [0.15, 0.2) is 5.38 Å². The maximum Gasteiger partial charge on any atom is 0.195 e. The third kappa shape index (κ3) is 2.77. The summed E-state index contributed by atoms with van der Waals surface area (Å²) in [6.45, 7) is 1.94. The van der Waals surface area contributed by atoms with Crippen LogP contribution in [-0.2, 0) is 4.74 Å². The molecule has 1 aromatic rings. The molecule has 4 nitrogen and oxygen atoms in total. The molecule has 0 aliphatic carbocycles. The van der Waals surface area contributed by atoms with Crippen LogP contribution in [-0.4, -0.2) is 23.3 Å². The number of aliphatic hydroxyl groups is 1. The highest BCUT2D eigenvalue weighted by molar-refractivity contribution is 7.09. The second-order valence-corrected chi connectivity index (χ2v) is 3.32. The Hall–Kier alpha value is -0.960. The van der Waals surface area contributed by atoms with Crippen LogP contribution in [0, 0.1) is 18.3 Å². The van der Waals surface area contributed by atoms with Gasteiger partial charge in [-0.2, -0.15) is 5.26 Å². The van der Waals surface area contributed by atoms with Gasteiger partial charge in [0.15, 0.2) is 6.10 Å². The lowest BCUT2D eigenvalue weighted by Crippen LogP contribution is -2.05. The minimum absolute atomic E-state index is 0.0808. The van der Waals surface area contributed by atoms with Crippen molar-refractivity contribution in [1.29, 1.82) is 5.26 Å². The Labute approximate surface area is 80.4 Å². The van der Waals surface area contributed by atoms with Crippen molar-refractivity contribution in [2.45, 2.75) is 13.0 Å². The monoisotopic (exact) mass is 198 g/mol. The molecule has 0 aromatic carbocycles. The fourth-order valence-corrected chi connectivity index (χ4v) is 1.61. The van der Waals surface area contributed by atoms with E-state index in [9.17, 15) is 0 Å². The number of rotatable bonds is 4. The summed E-state index contributed by atoms with van der Waals surface area (Å²) in [6, 6.07) is 1.98. The van der Waals surface area contributed by atoms with Crippen molar-refractivity contribution in [2.24, 2.45) is 0 Å². The first-order valence-corrected chi connectivity index (χ1v) is 4.70. The van der Waals surface area contributed by atoms with E-state index in [4.69, 9.17) is 15.1 Å². The molecule has 5 heteroatoms. The number of aryl methyl sites for hydroxylation is 1. The molecule has 0 bridgehead atoms. The first-order chi connectivity index (χ1) is 6.27. The molecular weight excluding hydrogens is 188 g/mol. The number of aliphatic hydroxyl groups excluding tert-OH is 1. The molecule has 1 N–H and O–H groups in total. The van der Waals surface area contributed by atoms with Crippen LogP contribution in [0.25, 0.3) is 0 Å². The van der Waals surface area contributed by atoms with Crippen molar-refractivity contribution < 1.29 is 9.84 Å². The van der Waals surface area contributed by atoms with Crippen molar-refractivity contribution >= 4 is 11.3 Å². The van der Waals surface area contributed by atoms with Gasteiger partial charge in [-0.25, -0.2) is 4.98 Å². The van der Waals surface area contributed by atoms with Crippen LogP contribution in [0.3, 0.4) is 0 Å². The van der Waals surface area contributed by atoms with Gasteiger partial charge in [0.25, 0.3) is 0 Å². The van der Waals surface area contributed by atoms with E-state index in [2.05, 4.69) is 4.98 Å². The van der Waals surface area contributed by atoms with Gasteiger partial charge in [-0.05, 0) is 6.92 Å². The van der Waals surface area contributed by atoms with Gasteiger partial charge in [0.05, 0.1) is 13.2 Å². The number of ether oxygens (including phenoxy) is 1. The summed E-state index contributed by atoms with van der Waals surface area (Å²) in [4.78, 5) is 4.12. The second-order valence-electron chi connectivity index (χ2n) is 2.43. The van der Waals surface area contributed by atoms with Crippen LogP contribution in [0.5, 0.6) is 0 Å². The van der Waals surface area contributed by atoms with E-state index >= 15 is 0 Å². The third-order valence-corrected chi connectivity index (χ3v) is 2.36. The predicted molar refractivity (Wildman–Crippen MR) is 48.2 cm³/mol. The van der Waals surface area contributed by atoms with E-state index in [1.54, 1.807) is 0 Å². The standard InChI is InChI=1S/C8H10N2O2S/c1-6-5-13-8(10-6)7(4-9)12-3-2-11/h5,7,11H,2-3H2,1H3. The minimum atomic E-state index is -0.647. The molecule has 0 amide bonds. The number of nitrogens with zero attached hydrogens (tertiary/aromatic N) is 2. The predicted octanol–water partition coefficient (Wildman–Crippen LogP) is 1.03. The zero-order valence-corrected chi connectivity index (χ0v) is 8.04. The molecule has 13 heavy (non-hydrogen) atoms. The van der Waals surface area contributed by atoms with Crippen LogP contribution in [0.2, 0.25) is 0 Å². The highest BCUT2D eigenvalue weighted by Crippen LogP contribution is 2.20. The third-order valence-electron chi connectivity index (χ3n) is 1.35. The molecule has 0 aliphatic rings. The second kappa shape index (κ2) is 4.92. The van der Waals surface area contributed by atoms with Gasteiger partial charge in [-0.1, -0.05) is 0 Å². The smallest absolute Gasteiger partial charge is 0.195 e. The summed E-state index contributed by atoms with van der Waals surface area (Å²) in [6.07, 6.45) is -0.647. The average Bonchev–Trinajstić information content (AvgIpc) is 2.54. The maximum atomic E-state index is 8.73. The Morgan fingerprint density at radius 1 is 1.85 bits per heavy atom. The summed E-state index contributed by atoms with van der Waals surface area (Å²) in [5, 5.41) is 19.7. The fourth-order valence-electron chi connectivity index (χ4n) is 0.827. The molecular formula is C8H10N2O2S. The summed E-state index contributed by atoms with van der Waals surface area (Å²) < 4.78 is 5.08. The molecule has 1 unspecified atom stereocenters. The largest absolute Gasteiger partial charge is 0.394 e. The van der Waals surface area contributed by atoms with Gasteiger partial charge >= 0.3 is 0 Å². The zero-order valence-electron chi connectivity index (χ0n) is 7.23. The quantitative estimate of drug-likeness (QED) is 0.784. The molecule has 0 spiro atoms. The van der Waals surface area contributed by atoms with Crippen LogP contribution < -0.4 is 0 Å².